The minimum Gasteiger partial charge on any atom is -0.454 e. The Bertz CT molecular complexity index is 2730. The fourth-order valence-corrected chi connectivity index (χ4v) is 8.26. The van der Waals surface area contributed by atoms with E-state index in [0.29, 0.717) is 0 Å². The first-order chi connectivity index (χ1) is 26.8. The number of ether oxygens (including phenoxy) is 1. The lowest BCUT2D eigenvalue weighted by molar-refractivity contribution is 0.412. The predicted octanol–water partition coefficient (Wildman–Crippen LogP) is 14.1. The van der Waals surface area contributed by atoms with E-state index < -0.39 is 5.41 Å². The topological polar surface area (TPSA) is 9.23 Å². The minimum absolute atomic E-state index is 0.0981. The Kier molecular flexibility index (Phi) is 8.16. The van der Waals surface area contributed by atoms with Crippen molar-refractivity contribution >= 4 is 43.1 Å². The molecule has 0 N–H and O–H groups in total. The zero-order valence-corrected chi connectivity index (χ0v) is 33.6. The third kappa shape index (κ3) is 6.00. The summed E-state index contributed by atoms with van der Waals surface area (Å²) in [7, 11) is 0. The lowest BCUT2D eigenvalue weighted by atomic mass is 9.70. The monoisotopic (exact) mass is 722 g/mol. The van der Waals surface area contributed by atoms with Gasteiger partial charge in [-0.2, -0.15) is 0 Å². The van der Waals surface area contributed by atoms with Crippen molar-refractivity contribution in [1.29, 1.82) is 0 Å². The van der Waals surface area contributed by atoms with Gasteiger partial charge in [0, 0.05) is 27.7 Å². The maximum atomic E-state index is 7.23. The molecule has 0 bridgehead atoms. The van der Waals surface area contributed by atoms with E-state index in [0.717, 1.165) is 66.4 Å². The molecule has 0 saturated carbocycles. The third-order valence-corrected chi connectivity index (χ3v) is 11.6. The smallest absolute Gasteiger partial charge is 0.147 e. The highest BCUT2D eigenvalue weighted by Crippen LogP contribution is 2.52. The summed E-state index contributed by atoms with van der Waals surface area (Å²) in [6, 6.07) is 47.9. The second kappa shape index (κ2) is 12.9. The molecule has 8 aromatic rings. The van der Waals surface area contributed by atoms with Crippen molar-refractivity contribution < 1.29 is 4.74 Å². The first kappa shape index (κ1) is 35.4. The maximum absolute atomic E-state index is 7.23. The Morgan fingerprint density at radius 2 is 0.732 bits per heavy atom. The van der Waals surface area contributed by atoms with Crippen LogP contribution in [0.3, 0.4) is 0 Å². The number of hydrogen-bond donors (Lipinski definition) is 0. The summed E-state index contributed by atoms with van der Waals surface area (Å²) in [6.07, 6.45) is 0. The average molecular weight is 723 g/mol. The van der Waals surface area contributed by atoms with Crippen molar-refractivity contribution in [3.05, 3.63) is 178 Å². The second-order valence-electron chi connectivity index (χ2n) is 17.9. The fourth-order valence-electron chi connectivity index (χ4n) is 8.26. The summed E-state index contributed by atoms with van der Waals surface area (Å²) in [4.78, 5) is 0. The van der Waals surface area contributed by atoms with Crippen LogP contribution >= 0.6 is 0 Å². The second-order valence-corrected chi connectivity index (χ2v) is 17.9. The molecule has 0 spiro atoms. The Hall–Kier alpha value is -6.28. The molecular weight excluding hydrogens is 677 g/mol. The fraction of sp³-hybridized carbons (Fsp3) is 0.200. The van der Waals surface area contributed by atoms with Gasteiger partial charge in [0.05, 0.1) is 11.1 Å². The van der Waals surface area contributed by atoms with Gasteiger partial charge in [-0.1, -0.05) is 188 Å². The van der Waals surface area contributed by atoms with Gasteiger partial charge in [-0.15, -0.1) is 0 Å². The van der Waals surface area contributed by atoms with E-state index in [-0.39, 0.29) is 10.8 Å². The van der Waals surface area contributed by atoms with Gasteiger partial charge in [0.2, 0.25) is 0 Å². The van der Waals surface area contributed by atoms with Gasteiger partial charge in [0.15, 0.2) is 0 Å². The molecule has 0 radical (unpaired) electrons. The van der Waals surface area contributed by atoms with Crippen LogP contribution in [0.25, 0.3) is 43.1 Å². The highest BCUT2D eigenvalue weighted by Gasteiger charge is 2.39. The first-order valence-corrected chi connectivity index (χ1v) is 19.7. The molecule has 1 aliphatic heterocycles. The van der Waals surface area contributed by atoms with Crippen LogP contribution in [0, 0.1) is 23.7 Å². The number of hydrogen-bond acceptors (Lipinski definition) is 1. The number of rotatable bonds is 0. The van der Waals surface area contributed by atoms with E-state index in [2.05, 4.69) is 213 Å². The van der Waals surface area contributed by atoms with E-state index in [1.54, 1.807) is 0 Å². The van der Waals surface area contributed by atoms with Crippen LogP contribution in [-0.4, -0.2) is 0 Å². The normalized spacial score (nSPS) is 13.4. The van der Waals surface area contributed by atoms with Gasteiger partial charge >= 0.3 is 0 Å². The van der Waals surface area contributed by atoms with Gasteiger partial charge in [-0.25, -0.2) is 0 Å². The molecule has 1 heteroatoms. The summed E-state index contributed by atoms with van der Waals surface area (Å²) < 4.78 is 7.23. The van der Waals surface area contributed by atoms with E-state index in [1.807, 2.05) is 0 Å². The summed E-state index contributed by atoms with van der Waals surface area (Å²) in [6.45, 7) is 18.3. The summed E-state index contributed by atoms with van der Waals surface area (Å²) >= 11 is 0. The minimum atomic E-state index is -0.392. The maximum Gasteiger partial charge on any atom is 0.147 e. The van der Waals surface area contributed by atoms with Crippen LogP contribution < -0.4 is 4.74 Å². The van der Waals surface area contributed by atoms with Gasteiger partial charge < -0.3 is 4.74 Å². The molecule has 9 rings (SSSR count). The first-order valence-electron chi connectivity index (χ1n) is 19.7. The predicted molar refractivity (Wildman–Crippen MR) is 237 cm³/mol. The van der Waals surface area contributed by atoms with Gasteiger partial charge in [-0.3, -0.25) is 0 Å². The van der Waals surface area contributed by atoms with Crippen molar-refractivity contribution in [3.63, 3.8) is 0 Å². The van der Waals surface area contributed by atoms with Crippen LogP contribution in [0.15, 0.2) is 133 Å². The average Bonchev–Trinajstić information content (AvgIpc) is 3.17. The molecule has 56 heavy (non-hydrogen) atoms. The zero-order chi connectivity index (χ0) is 39.0. The molecule has 0 fully saturated rings. The lowest BCUT2D eigenvalue weighted by Gasteiger charge is -2.38. The van der Waals surface area contributed by atoms with Gasteiger partial charge in [0.1, 0.15) is 11.5 Å². The Morgan fingerprint density at radius 3 is 1.05 bits per heavy atom. The highest BCUT2D eigenvalue weighted by atomic mass is 16.5. The van der Waals surface area contributed by atoms with Crippen molar-refractivity contribution in [1.82, 2.24) is 0 Å². The number of fused-ring (bicyclic) bond motifs is 6. The largest absolute Gasteiger partial charge is 0.454 e. The van der Waals surface area contributed by atoms with Gasteiger partial charge in [0.25, 0.3) is 0 Å². The van der Waals surface area contributed by atoms with Crippen molar-refractivity contribution in [2.24, 2.45) is 0 Å². The molecule has 0 atom stereocenters. The molecule has 1 aliphatic rings. The van der Waals surface area contributed by atoms with Gasteiger partial charge in [-0.05, 0) is 89.3 Å². The summed E-state index contributed by atoms with van der Waals surface area (Å²) in [5.41, 5.74) is 8.03. The molecular formula is C55H46O. The van der Waals surface area contributed by atoms with Crippen molar-refractivity contribution in [2.75, 3.05) is 0 Å². The van der Waals surface area contributed by atoms with E-state index in [4.69, 9.17) is 4.74 Å². The lowest BCUT2D eigenvalue weighted by Crippen LogP contribution is -2.28. The standard InChI is InChI=1S/C55H46O/c1-53(2,3)41-31-39(25-27-47-43-21-13-9-17-35(43)29-36-18-10-14-22-44(36)47)51-49(33-41)55(7,8)50-34-42(54(4,5)6)32-40(52(50)56-51)26-28-48-45-23-15-11-19-37(45)30-38-20-12-16-24-46(38)48/h9-24,29-34H,1-8H3. The molecule has 8 aromatic carbocycles. The molecule has 0 aromatic heterocycles. The van der Waals surface area contributed by atoms with E-state index in [9.17, 15) is 0 Å². The molecule has 0 unspecified atom stereocenters. The zero-order valence-electron chi connectivity index (χ0n) is 33.6. The van der Waals surface area contributed by atoms with Crippen LogP contribution in [0.2, 0.25) is 0 Å². The molecule has 1 nitrogen and oxygen atoms in total. The van der Waals surface area contributed by atoms with Crippen LogP contribution in [0.5, 0.6) is 11.5 Å². The molecule has 1 heterocycles. The Morgan fingerprint density at radius 1 is 0.411 bits per heavy atom. The summed E-state index contributed by atoms with van der Waals surface area (Å²) in [5.74, 6) is 16.4. The summed E-state index contributed by atoms with van der Waals surface area (Å²) in [5, 5.41) is 9.35. The molecule has 272 valence electrons. The van der Waals surface area contributed by atoms with Crippen molar-refractivity contribution in [2.45, 2.75) is 71.6 Å². The quantitative estimate of drug-likeness (QED) is 0.112. The van der Waals surface area contributed by atoms with Crippen molar-refractivity contribution in [3.8, 4) is 35.2 Å². The molecule has 0 amide bonds. The third-order valence-electron chi connectivity index (χ3n) is 11.6. The van der Waals surface area contributed by atoms with Crippen LogP contribution in [0.4, 0.5) is 0 Å². The van der Waals surface area contributed by atoms with E-state index >= 15 is 0 Å². The van der Waals surface area contributed by atoms with Crippen LogP contribution in [-0.2, 0) is 16.2 Å². The molecule has 0 saturated heterocycles. The highest BCUT2D eigenvalue weighted by molar-refractivity contribution is 6.06. The Labute approximate surface area is 331 Å². The Balaban J connectivity index is 1.29. The van der Waals surface area contributed by atoms with Crippen LogP contribution in [0.1, 0.15) is 99.9 Å². The number of benzene rings is 8. The van der Waals surface area contributed by atoms with E-state index in [1.165, 1.54) is 32.7 Å². The molecule has 0 aliphatic carbocycles. The SMILES string of the molecule is CC(C)(C)c1cc(C#Cc2c3ccccc3cc3ccccc23)c2c(c1)C(C)(C)c1cc(C(C)(C)C)cc(C#Cc3c4ccccc4cc4ccccc34)c1O2.